The standard InChI is InChI=1S/C24H31N5O3/c1-4-27-15-25-22-21(27)23(31)29(24(32)28(22)13-18-10-6-5-7-11-18)14-20(30)26-19-12-8-9-16(2)17(19)3/h5-7,10-11,15-17,19H,4,8-9,12-14H2,1-3H3,(H,26,30)/t16-,17+,19+/m0/s1. The highest BCUT2D eigenvalue weighted by Crippen LogP contribution is 2.29. The normalized spacial score (nSPS) is 21.0. The highest BCUT2D eigenvalue weighted by molar-refractivity contribution is 5.77. The number of aryl methyl sites for hydroxylation is 1. The number of carbonyl (C=O) groups excluding carboxylic acids is 1. The number of benzene rings is 1. The van der Waals surface area contributed by atoms with Crippen molar-refractivity contribution in [2.75, 3.05) is 0 Å². The molecule has 3 atom stereocenters. The summed E-state index contributed by atoms with van der Waals surface area (Å²) in [7, 11) is 0. The molecule has 170 valence electrons. The number of hydrogen-bond acceptors (Lipinski definition) is 4. The number of amides is 1. The molecule has 0 bridgehead atoms. The minimum absolute atomic E-state index is 0.0680. The van der Waals surface area contributed by atoms with Gasteiger partial charge in [0.25, 0.3) is 5.56 Å². The number of imidazole rings is 1. The first-order chi connectivity index (χ1) is 15.4. The van der Waals surface area contributed by atoms with E-state index in [4.69, 9.17) is 0 Å². The fourth-order valence-electron chi connectivity index (χ4n) is 4.71. The lowest BCUT2D eigenvalue weighted by Crippen LogP contribution is -2.48. The van der Waals surface area contributed by atoms with Crippen LogP contribution in [-0.4, -0.2) is 30.6 Å². The van der Waals surface area contributed by atoms with Crippen LogP contribution in [0.25, 0.3) is 11.2 Å². The fraction of sp³-hybridized carbons (Fsp3) is 0.500. The average molecular weight is 438 g/mol. The quantitative estimate of drug-likeness (QED) is 0.641. The van der Waals surface area contributed by atoms with Crippen LogP contribution in [-0.2, 0) is 24.4 Å². The van der Waals surface area contributed by atoms with Crippen molar-refractivity contribution < 1.29 is 4.79 Å². The van der Waals surface area contributed by atoms with E-state index in [1.807, 2.05) is 37.3 Å². The Hall–Kier alpha value is -3.16. The molecule has 0 spiro atoms. The summed E-state index contributed by atoms with van der Waals surface area (Å²) in [5, 5.41) is 3.07. The van der Waals surface area contributed by atoms with E-state index in [9.17, 15) is 14.4 Å². The molecule has 1 saturated carbocycles. The van der Waals surface area contributed by atoms with Gasteiger partial charge in [-0.05, 0) is 30.7 Å². The number of carbonyl (C=O) groups is 1. The van der Waals surface area contributed by atoms with E-state index in [1.165, 1.54) is 4.57 Å². The molecule has 2 heterocycles. The molecule has 8 nitrogen and oxygen atoms in total. The SMILES string of the molecule is CCn1cnc2c1c(=O)n(CC(=O)N[C@@H]1CCC[C@H](C)[C@H]1C)c(=O)n2Cc1ccccc1. The molecule has 0 aliphatic heterocycles. The summed E-state index contributed by atoms with van der Waals surface area (Å²) in [6, 6.07) is 9.62. The maximum Gasteiger partial charge on any atom is 0.333 e. The van der Waals surface area contributed by atoms with Gasteiger partial charge in [-0.15, -0.1) is 0 Å². The van der Waals surface area contributed by atoms with Gasteiger partial charge in [0.15, 0.2) is 11.2 Å². The highest BCUT2D eigenvalue weighted by atomic mass is 16.2. The van der Waals surface area contributed by atoms with Crippen molar-refractivity contribution in [3.05, 3.63) is 63.1 Å². The van der Waals surface area contributed by atoms with Gasteiger partial charge in [0.2, 0.25) is 5.91 Å². The summed E-state index contributed by atoms with van der Waals surface area (Å²) in [4.78, 5) is 43.8. The summed E-state index contributed by atoms with van der Waals surface area (Å²) >= 11 is 0. The van der Waals surface area contributed by atoms with E-state index in [0.29, 0.717) is 29.5 Å². The topological polar surface area (TPSA) is 90.9 Å². The predicted molar refractivity (Wildman–Crippen MR) is 124 cm³/mol. The number of rotatable bonds is 6. The van der Waals surface area contributed by atoms with E-state index in [-0.39, 0.29) is 25.0 Å². The maximum absolute atomic E-state index is 13.3. The van der Waals surface area contributed by atoms with Gasteiger partial charge in [0.05, 0.1) is 12.9 Å². The molecule has 0 unspecified atom stereocenters. The van der Waals surface area contributed by atoms with Crippen molar-refractivity contribution >= 4 is 17.1 Å². The molecule has 1 aromatic carbocycles. The molecular weight excluding hydrogens is 406 g/mol. The third-order valence-electron chi connectivity index (χ3n) is 6.86. The first-order valence-electron chi connectivity index (χ1n) is 11.4. The third-order valence-corrected chi connectivity index (χ3v) is 6.86. The molecule has 8 heteroatoms. The Kier molecular flexibility index (Phi) is 6.30. The molecule has 1 N–H and O–H groups in total. The van der Waals surface area contributed by atoms with Gasteiger partial charge in [-0.3, -0.25) is 14.2 Å². The summed E-state index contributed by atoms with van der Waals surface area (Å²) in [5.74, 6) is 0.599. The Morgan fingerprint density at radius 3 is 2.59 bits per heavy atom. The predicted octanol–water partition coefficient (Wildman–Crippen LogP) is 2.37. The number of hydrogen-bond donors (Lipinski definition) is 1. The monoisotopic (exact) mass is 437 g/mol. The largest absolute Gasteiger partial charge is 0.352 e. The first-order valence-corrected chi connectivity index (χ1v) is 11.4. The van der Waals surface area contributed by atoms with Gasteiger partial charge in [0, 0.05) is 12.6 Å². The first kappa shape index (κ1) is 22.0. The van der Waals surface area contributed by atoms with Crippen LogP contribution in [0.3, 0.4) is 0 Å². The van der Waals surface area contributed by atoms with Gasteiger partial charge >= 0.3 is 5.69 Å². The molecule has 2 aromatic heterocycles. The maximum atomic E-state index is 13.3. The summed E-state index contributed by atoms with van der Waals surface area (Å²) in [6.45, 7) is 6.79. The van der Waals surface area contributed by atoms with E-state index < -0.39 is 11.2 Å². The van der Waals surface area contributed by atoms with Crippen LogP contribution in [0.4, 0.5) is 0 Å². The van der Waals surface area contributed by atoms with Crippen LogP contribution in [0.5, 0.6) is 0 Å². The summed E-state index contributed by atoms with van der Waals surface area (Å²) in [6.07, 6.45) is 4.73. The van der Waals surface area contributed by atoms with Crippen molar-refractivity contribution in [2.45, 2.75) is 65.7 Å². The molecular formula is C24H31N5O3. The number of nitrogens with one attached hydrogen (secondary N) is 1. The lowest BCUT2D eigenvalue weighted by atomic mass is 9.78. The fourth-order valence-corrected chi connectivity index (χ4v) is 4.71. The second-order valence-corrected chi connectivity index (χ2v) is 8.89. The number of nitrogens with zero attached hydrogens (tertiary/aromatic N) is 4. The zero-order chi connectivity index (χ0) is 22.8. The van der Waals surface area contributed by atoms with E-state index in [2.05, 4.69) is 24.1 Å². The van der Waals surface area contributed by atoms with Gasteiger partial charge in [-0.2, -0.15) is 0 Å². The Morgan fingerprint density at radius 1 is 1.12 bits per heavy atom. The van der Waals surface area contributed by atoms with Crippen LogP contribution in [0.2, 0.25) is 0 Å². The van der Waals surface area contributed by atoms with E-state index in [0.717, 1.165) is 29.4 Å². The van der Waals surface area contributed by atoms with Crippen LogP contribution in [0.15, 0.2) is 46.2 Å². The molecule has 1 amide bonds. The van der Waals surface area contributed by atoms with Crippen molar-refractivity contribution in [2.24, 2.45) is 11.8 Å². The Morgan fingerprint density at radius 2 is 1.88 bits per heavy atom. The molecule has 1 fully saturated rings. The molecule has 1 aliphatic carbocycles. The minimum Gasteiger partial charge on any atom is -0.352 e. The lowest BCUT2D eigenvalue weighted by molar-refractivity contribution is -0.123. The van der Waals surface area contributed by atoms with Crippen molar-refractivity contribution in [1.29, 1.82) is 0 Å². The third kappa shape index (κ3) is 4.13. The van der Waals surface area contributed by atoms with Crippen molar-refractivity contribution in [3.63, 3.8) is 0 Å². The van der Waals surface area contributed by atoms with Crippen LogP contribution in [0.1, 0.15) is 45.6 Å². The Labute approximate surface area is 186 Å². The number of aromatic nitrogens is 4. The molecule has 0 saturated heterocycles. The average Bonchev–Trinajstić information content (AvgIpc) is 3.22. The van der Waals surface area contributed by atoms with Gasteiger partial charge in [-0.1, -0.05) is 57.0 Å². The molecule has 3 aromatic rings. The van der Waals surface area contributed by atoms with Crippen molar-refractivity contribution in [3.8, 4) is 0 Å². The van der Waals surface area contributed by atoms with E-state index in [1.54, 1.807) is 10.9 Å². The minimum atomic E-state index is -0.520. The second kappa shape index (κ2) is 9.14. The smallest absolute Gasteiger partial charge is 0.333 e. The lowest BCUT2D eigenvalue weighted by Gasteiger charge is -2.34. The Bertz CT molecular complexity index is 1220. The van der Waals surface area contributed by atoms with Crippen LogP contribution >= 0.6 is 0 Å². The number of fused-ring (bicyclic) bond motifs is 1. The summed E-state index contributed by atoms with van der Waals surface area (Å²) in [5.41, 5.74) is 0.607. The van der Waals surface area contributed by atoms with Gasteiger partial charge < -0.3 is 9.88 Å². The van der Waals surface area contributed by atoms with Crippen LogP contribution < -0.4 is 16.6 Å². The summed E-state index contributed by atoms with van der Waals surface area (Å²) < 4.78 is 4.25. The Balaban J connectivity index is 1.71. The van der Waals surface area contributed by atoms with Crippen molar-refractivity contribution in [1.82, 2.24) is 24.0 Å². The van der Waals surface area contributed by atoms with E-state index >= 15 is 0 Å². The highest BCUT2D eigenvalue weighted by Gasteiger charge is 2.28. The molecule has 1 aliphatic rings. The zero-order valence-electron chi connectivity index (χ0n) is 19.0. The van der Waals surface area contributed by atoms with Gasteiger partial charge in [0.1, 0.15) is 6.54 Å². The molecule has 4 rings (SSSR count). The zero-order valence-corrected chi connectivity index (χ0v) is 19.0. The van der Waals surface area contributed by atoms with Gasteiger partial charge in [-0.25, -0.2) is 14.3 Å². The molecule has 0 radical (unpaired) electrons. The second-order valence-electron chi connectivity index (χ2n) is 8.89. The van der Waals surface area contributed by atoms with Crippen LogP contribution in [0, 0.1) is 11.8 Å². The molecule has 32 heavy (non-hydrogen) atoms.